The summed E-state index contributed by atoms with van der Waals surface area (Å²) < 4.78 is 24.4. The molecule has 12 rings (SSSR count). The van der Waals surface area contributed by atoms with Crippen molar-refractivity contribution in [1.29, 1.82) is 0 Å². The van der Waals surface area contributed by atoms with E-state index in [-0.39, 0.29) is 42.7 Å². The van der Waals surface area contributed by atoms with Gasteiger partial charge in [-0.25, -0.2) is 19.5 Å². The predicted octanol–water partition coefficient (Wildman–Crippen LogP) is 3.31. The van der Waals surface area contributed by atoms with Crippen LogP contribution in [0.15, 0.2) is 105 Å². The number of hydrogen-bond acceptors (Lipinski definition) is 14. The molecule has 2 saturated heterocycles. The van der Waals surface area contributed by atoms with E-state index in [1.807, 2.05) is 31.2 Å². The van der Waals surface area contributed by atoms with Gasteiger partial charge in [0.2, 0.25) is 11.8 Å². The Kier molecular flexibility index (Phi) is 8.14. The number of anilines is 1. The minimum absolute atomic E-state index is 0.129. The summed E-state index contributed by atoms with van der Waals surface area (Å²) in [4.78, 5) is 56.0. The van der Waals surface area contributed by atoms with Crippen molar-refractivity contribution in [2.75, 3.05) is 31.1 Å². The molecular weight excluding hydrogens is 791 g/mol. The minimum atomic E-state index is -0.207. The van der Waals surface area contributed by atoms with Gasteiger partial charge in [-0.05, 0) is 66.3 Å². The Morgan fingerprint density at radius 1 is 0.790 bits per heavy atom. The lowest BCUT2D eigenvalue weighted by molar-refractivity contribution is -0.515. The largest absolute Gasteiger partial charge is 0.487 e. The SMILES string of the molecule is C=C1C=CC(=[N+]2CC3C(C2)C3c2noc(Cn3cnc4cnc(COc5ccc(N6CC7C(C6)C7c6noc(Cn7cnc8ncn(C)c8c7=O)n6)cc5)c(C)c4c3=O)n2)C=C1. The molecule has 62 heavy (non-hydrogen) atoms. The van der Waals surface area contributed by atoms with E-state index in [0.717, 1.165) is 37.4 Å². The maximum atomic E-state index is 13.8. The highest BCUT2D eigenvalue weighted by molar-refractivity contribution is 6.02. The number of hydrogen-bond donors (Lipinski definition) is 0. The van der Waals surface area contributed by atoms with E-state index < -0.39 is 0 Å². The molecule has 1 aromatic carbocycles. The van der Waals surface area contributed by atoms with Gasteiger partial charge in [-0.2, -0.15) is 9.97 Å². The van der Waals surface area contributed by atoms with Gasteiger partial charge in [0.1, 0.15) is 44.9 Å². The van der Waals surface area contributed by atoms with E-state index in [4.69, 9.17) is 18.8 Å². The molecule has 8 heterocycles. The molecule has 0 amide bonds. The van der Waals surface area contributed by atoms with Gasteiger partial charge in [0.05, 0.1) is 35.4 Å². The van der Waals surface area contributed by atoms with Crippen molar-refractivity contribution in [3.63, 3.8) is 0 Å². The molecule has 3 aliphatic carbocycles. The first-order valence-corrected chi connectivity index (χ1v) is 20.7. The normalized spacial score (nSPS) is 23.5. The number of aryl methyl sites for hydroxylation is 2. The molecule has 7 aromatic rings. The quantitative estimate of drug-likeness (QED) is 0.182. The van der Waals surface area contributed by atoms with Gasteiger partial charge >= 0.3 is 0 Å². The summed E-state index contributed by atoms with van der Waals surface area (Å²) in [7, 11) is 1.76. The molecule has 310 valence electrons. The Morgan fingerprint density at radius 3 is 2.11 bits per heavy atom. The van der Waals surface area contributed by atoms with E-state index in [0.29, 0.717) is 86.2 Å². The molecule has 18 heteroatoms. The minimum Gasteiger partial charge on any atom is -0.487 e. The molecule has 2 aliphatic heterocycles. The van der Waals surface area contributed by atoms with Crippen molar-refractivity contribution in [3.05, 3.63) is 141 Å². The van der Waals surface area contributed by atoms with Crippen molar-refractivity contribution in [3.8, 4) is 5.75 Å². The molecule has 2 saturated carbocycles. The zero-order valence-corrected chi connectivity index (χ0v) is 33.9. The fourth-order valence-electron chi connectivity index (χ4n) is 9.85. The summed E-state index contributed by atoms with van der Waals surface area (Å²) in [5.74, 6) is 5.19. The van der Waals surface area contributed by atoms with Crippen LogP contribution < -0.4 is 20.8 Å². The molecular formula is C44H40N13O5+. The van der Waals surface area contributed by atoms with E-state index in [9.17, 15) is 9.59 Å². The Morgan fingerprint density at radius 2 is 1.42 bits per heavy atom. The molecule has 0 radical (unpaired) electrons. The first-order chi connectivity index (χ1) is 30.2. The topological polar surface area (TPSA) is 194 Å². The van der Waals surface area contributed by atoms with Crippen molar-refractivity contribution < 1.29 is 18.4 Å². The number of rotatable bonds is 10. The zero-order valence-electron chi connectivity index (χ0n) is 33.9. The molecule has 4 fully saturated rings. The average molecular weight is 831 g/mol. The van der Waals surface area contributed by atoms with Crippen molar-refractivity contribution in [1.82, 2.24) is 53.9 Å². The maximum absolute atomic E-state index is 13.8. The number of benzene rings is 1. The first-order valence-electron chi connectivity index (χ1n) is 20.7. The third-order valence-electron chi connectivity index (χ3n) is 13.4. The van der Waals surface area contributed by atoms with Crippen LogP contribution in [-0.2, 0) is 26.7 Å². The highest BCUT2D eigenvalue weighted by atomic mass is 16.5. The smallest absolute Gasteiger partial charge is 0.280 e. The van der Waals surface area contributed by atoms with E-state index in [1.54, 1.807) is 24.1 Å². The van der Waals surface area contributed by atoms with Gasteiger partial charge in [0.15, 0.2) is 28.5 Å². The van der Waals surface area contributed by atoms with Crippen LogP contribution in [0, 0.1) is 30.6 Å². The van der Waals surface area contributed by atoms with Crippen LogP contribution in [0.5, 0.6) is 5.75 Å². The van der Waals surface area contributed by atoms with Crippen LogP contribution in [0.1, 0.15) is 46.5 Å². The summed E-state index contributed by atoms with van der Waals surface area (Å²) in [6.07, 6.45) is 14.5. The van der Waals surface area contributed by atoms with Gasteiger partial charge in [0.25, 0.3) is 11.1 Å². The highest BCUT2D eigenvalue weighted by Gasteiger charge is 2.62. The summed E-state index contributed by atoms with van der Waals surface area (Å²) in [5, 5.41) is 9.07. The maximum Gasteiger partial charge on any atom is 0.280 e. The van der Waals surface area contributed by atoms with Gasteiger partial charge in [-0.1, -0.05) is 16.9 Å². The second-order valence-electron chi connectivity index (χ2n) is 17.0. The fraction of sp³-hybridized carbons (Fsp3) is 0.341. The Labute approximate surface area is 352 Å². The van der Waals surface area contributed by atoms with Crippen molar-refractivity contribution >= 4 is 33.5 Å². The highest BCUT2D eigenvalue weighted by Crippen LogP contribution is 2.58. The second-order valence-corrected chi connectivity index (χ2v) is 17.0. The number of allylic oxidation sites excluding steroid dienone is 5. The van der Waals surface area contributed by atoms with Gasteiger partial charge in [-0.15, -0.1) is 0 Å². The molecule has 4 unspecified atom stereocenters. The van der Waals surface area contributed by atoms with Crippen LogP contribution in [0.25, 0.3) is 22.1 Å². The number of imidazole rings is 1. The van der Waals surface area contributed by atoms with Crippen LogP contribution in [0.2, 0.25) is 0 Å². The summed E-state index contributed by atoms with van der Waals surface area (Å²) >= 11 is 0. The van der Waals surface area contributed by atoms with Crippen molar-refractivity contribution in [2.24, 2.45) is 30.7 Å². The standard InChI is InChI=1S/C44H40N13O5/c1-23-4-6-25(7-5-23)54-13-28-29(14-54)37(28)40-49-34(61-51-40)17-56-21-46-32-12-45-33(24(2)36(32)43(56)58)19-60-27-10-8-26(9-11-27)55-15-30-31(16-55)38(30)41-50-35(62-52-41)18-57-22-48-42-39(44(57)59)53(3)20-47-42/h4-12,20-22,28-31,37-38H,1,13-19H2,2-3H3/q+1. The monoisotopic (exact) mass is 830 g/mol. The molecule has 0 N–H and O–H groups in total. The Hall–Kier alpha value is -7.37. The van der Waals surface area contributed by atoms with E-state index in [2.05, 4.69) is 75.6 Å². The second kappa shape index (κ2) is 13.8. The summed E-state index contributed by atoms with van der Waals surface area (Å²) in [6.45, 7) is 10.0. The number of pyridine rings is 1. The third-order valence-corrected chi connectivity index (χ3v) is 13.4. The van der Waals surface area contributed by atoms with Crippen LogP contribution in [0.4, 0.5) is 5.69 Å². The van der Waals surface area contributed by atoms with Crippen LogP contribution in [0.3, 0.4) is 0 Å². The lowest BCUT2D eigenvalue weighted by atomic mass is 10.1. The molecule has 5 aliphatic rings. The first kappa shape index (κ1) is 36.5. The molecule has 0 spiro atoms. The lowest BCUT2D eigenvalue weighted by Gasteiger charge is -2.21. The number of fused-ring (bicyclic) bond motifs is 4. The Bertz CT molecular complexity index is 3160. The van der Waals surface area contributed by atoms with E-state index in [1.165, 1.54) is 27.5 Å². The van der Waals surface area contributed by atoms with Crippen LogP contribution in [-0.4, -0.2) is 90.4 Å². The van der Waals surface area contributed by atoms with Crippen LogP contribution >= 0.6 is 0 Å². The number of piperidine rings is 2. The predicted molar refractivity (Wildman–Crippen MR) is 223 cm³/mol. The average Bonchev–Trinajstić information content (AvgIpc) is 3.74. The Balaban J connectivity index is 0.656. The molecule has 0 bridgehead atoms. The lowest BCUT2D eigenvalue weighted by Crippen LogP contribution is -2.23. The number of ether oxygens (including phenoxy) is 1. The van der Waals surface area contributed by atoms with Crippen molar-refractivity contribution in [2.45, 2.75) is 38.5 Å². The summed E-state index contributed by atoms with van der Waals surface area (Å²) in [5.41, 5.74) is 5.65. The third kappa shape index (κ3) is 6.10. The molecule has 6 aromatic heterocycles. The summed E-state index contributed by atoms with van der Waals surface area (Å²) in [6, 6.07) is 8.04. The molecule has 18 nitrogen and oxygen atoms in total. The van der Waals surface area contributed by atoms with Gasteiger partial charge < -0.3 is 23.3 Å². The van der Waals surface area contributed by atoms with E-state index >= 15 is 0 Å². The molecule has 4 atom stereocenters. The zero-order chi connectivity index (χ0) is 41.8. The van der Waals surface area contributed by atoms with Gasteiger partial charge in [0, 0.05) is 61.6 Å². The van der Waals surface area contributed by atoms with Gasteiger partial charge in [-0.3, -0.25) is 23.7 Å². The number of nitrogens with zero attached hydrogens (tertiary/aromatic N) is 13. The number of aromatic nitrogens is 11. The fourth-order valence-corrected chi connectivity index (χ4v) is 9.85.